The topological polar surface area (TPSA) is 98.8 Å². The molecule has 7 nitrogen and oxygen atoms in total. The van der Waals surface area contributed by atoms with Crippen LogP contribution in [0.4, 0.5) is 4.79 Å². The summed E-state index contributed by atoms with van der Waals surface area (Å²) in [6.45, 7) is 2.76. The fourth-order valence-electron chi connectivity index (χ4n) is 2.65. The minimum atomic E-state index is -0.973. The quantitative estimate of drug-likeness (QED) is 0.516. The largest absolute Gasteiger partial charge is 0.460 e. The predicted molar refractivity (Wildman–Crippen MR) is 125 cm³/mol. The van der Waals surface area contributed by atoms with E-state index in [1.807, 2.05) is 60.7 Å². The highest BCUT2D eigenvalue weighted by atomic mass is 32.2. The van der Waals surface area contributed by atoms with Crippen LogP contribution < -0.4 is 5.32 Å². The van der Waals surface area contributed by atoms with E-state index in [0.717, 1.165) is 34.7 Å². The van der Waals surface area contributed by atoms with Crippen LogP contribution in [0.25, 0.3) is 0 Å². The minimum Gasteiger partial charge on any atom is -0.460 e. The molecule has 0 radical (unpaired) electrons. The number of thioether (sulfide) groups is 2. The van der Waals surface area contributed by atoms with Crippen LogP contribution in [-0.4, -0.2) is 39.3 Å². The first-order valence-corrected chi connectivity index (χ1v) is 11.6. The second kappa shape index (κ2) is 13.6. The van der Waals surface area contributed by atoms with Crippen molar-refractivity contribution < 1.29 is 28.7 Å². The molecular formula is C23H25NO6S2. The van der Waals surface area contributed by atoms with Gasteiger partial charge in [-0.1, -0.05) is 84.2 Å². The van der Waals surface area contributed by atoms with Crippen LogP contribution in [0.3, 0.4) is 0 Å². The van der Waals surface area contributed by atoms with Crippen LogP contribution in [0.15, 0.2) is 60.7 Å². The summed E-state index contributed by atoms with van der Waals surface area (Å²) in [5.74, 6) is -0.632. The van der Waals surface area contributed by atoms with E-state index in [4.69, 9.17) is 9.47 Å². The first-order chi connectivity index (χ1) is 15.3. The van der Waals surface area contributed by atoms with Gasteiger partial charge in [0.05, 0.1) is 5.25 Å². The minimum absolute atomic E-state index is 0.0403. The van der Waals surface area contributed by atoms with Crippen molar-refractivity contribution in [3.8, 4) is 0 Å². The number of carbonyl (C=O) groups is 4. The van der Waals surface area contributed by atoms with Gasteiger partial charge in [0.25, 0.3) is 0 Å². The summed E-state index contributed by atoms with van der Waals surface area (Å²) >= 11 is 1.65. The zero-order chi connectivity index (χ0) is 23.3. The van der Waals surface area contributed by atoms with Crippen LogP contribution in [0, 0.1) is 0 Å². The molecule has 2 aromatic rings. The van der Waals surface area contributed by atoms with Gasteiger partial charge in [-0.05, 0) is 11.1 Å². The first kappa shape index (κ1) is 25.5. The number of carbonyl (C=O) groups excluding carboxylic acids is 4. The molecule has 170 valence electrons. The lowest BCUT2D eigenvalue weighted by atomic mass is 10.2. The van der Waals surface area contributed by atoms with Crippen molar-refractivity contribution in [1.82, 2.24) is 5.32 Å². The molecule has 2 unspecified atom stereocenters. The van der Waals surface area contributed by atoms with Crippen molar-refractivity contribution >= 4 is 45.8 Å². The molecule has 0 saturated heterocycles. The Morgan fingerprint density at radius 2 is 1.28 bits per heavy atom. The number of amides is 1. The predicted octanol–water partition coefficient (Wildman–Crippen LogP) is 3.95. The fraction of sp³-hybridized carbons (Fsp3) is 0.304. The number of hydrogen-bond donors (Lipinski definition) is 1. The van der Waals surface area contributed by atoms with Gasteiger partial charge >= 0.3 is 12.1 Å². The molecule has 0 fully saturated rings. The van der Waals surface area contributed by atoms with E-state index in [0.29, 0.717) is 0 Å². The lowest BCUT2D eigenvalue weighted by molar-refractivity contribution is -0.144. The highest BCUT2D eigenvalue weighted by Crippen LogP contribution is 2.27. The van der Waals surface area contributed by atoms with Crippen molar-refractivity contribution in [3.05, 3.63) is 71.8 Å². The molecule has 0 bridgehead atoms. The number of alkyl carbamates (subject to hydrolysis) is 1. The molecule has 1 amide bonds. The second-order valence-electron chi connectivity index (χ2n) is 6.71. The second-order valence-corrected chi connectivity index (χ2v) is 9.45. The van der Waals surface area contributed by atoms with Crippen LogP contribution in [0.2, 0.25) is 0 Å². The molecule has 1 N–H and O–H groups in total. The van der Waals surface area contributed by atoms with Crippen molar-refractivity contribution in [2.75, 3.05) is 6.54 Å². The van der Waals surface area contributed by atoms with Crippen LogP contribution >= 0.6 is 23.5 Å². The van der Waals surface area contributed by atoms with Crippen molar-refractivity contribution in [2.24, 2.45) is 0 Å². The van der Waals surface area contributed by atoms with E-state index in [2.05, 4.69) is 5.32 Å². The van der Waals surface area contributed by atoms with Gasteiger partial charge in [0.2, 0.25) is 0 Å². The monoisotopic (exact) mass is 475 g/mol. The summed E-state index contributed by atoms with van der Waals surface area (Å²) in [7, 11) is 0. The van der Waals surface area contributed by atoms with E-state index in [1.165, 1.54) is 13.8 Å². The lowest BCUT2D eigenvalue weighted by Gasteiger charge is -2.23. The van der Waals surface area contributed by atoms with Gasteiger partial charge in [0, 0.05) is 20.4 Å². The summed E-state index contributed by atoms with van der Waals surface area (Å²) < 4.78 is 10.6. The maximum Gasteiger partial charge on any atom is 0.407 e. The highest BCUT2D eigenvalue weighted by Gasteiger charge is 2.34. The Bertz CT molecular complexity index is 907. The Balaban J connectivity index is 2.00. The average Bonchev–Trinajstić information content (AvgIpc) is 2.78. The summed E-state index contributed by atoms with van der Waals surface area (Å²) in [6.07, 6.45) is -0.688. The van der Waals surface area contributed by atoms with Gasteiger partial charge in [0.1, 0.15) is 18.5 Å². The number of esters is 1. The van der Waals surface area contributed by atoms with Gasteiger partial charge in [-0.25, -0.2) is 4.79 Å². The van der Waals surface area contributed by atoms with Gasteiger partial charge in [-0.3, -0.25) is 14.4 Å². The number of hydrogen-bond acceptors (Lipinski definition) is 8. The van der Waals surface area contributed by atoms with E-state index >= 15 is 0 Å². The van der Waals surface area contributed by atoms with Crippen LogP contribution in [-0.2, 0) is 37.1 Å². The summed E-state index contributed by atoms with van der Waals surface area (Å²) in [4.78, 5) is 48.4. The molecule has 0 saturated carbocycles. The fourth-order valence-corrected chi connectivity index (χ4v) is 4.58. The van der Waals surface area contributed by atoms with Gasteiger partial charge in [0.15, 0.2) is 10.2 Å². The summed E-state index contributed by atoms with van der Waals surface area (Å²) in [5, 5.41) is 0.338. The third-order valence-electron chi connectivity index (χ3n) is 4.06. The zero-order valence-corrected chi connectivity index (χ0v) is 19.4. The lowest BCUT2D eigenvalue weighted by Crippen LogP contribution is -2.41. The molecule has 2 rings (SSSR count). The van der Waals surface area contributed by atoms with Crippen molar-refractivity contribution in [1.29, 1.82) is 0 Å². The van der Waals surface area contributed by atoms with E-state index in [-0.39, 0.29) is 30.0 Å². The number of benzene rings is 2. The summed E-state index contributed by atoms with van der Waals surface area (Å²) in [6, 6.07) is 18.3. The Kier molecular flexibility index (Phi) is 10.8. The van der Waals surface area contributed by atoms with Gasteiger partial charge < -0.3 is 14.8 Å². The van der Waals surface area contributed by atoms with E-state index in [1.54, 1.807) is 0 Å². The Labute approximate surface area is 195 Å². The van der Waals surface area contributed by atoms with Crippen molar-refractivity contribution in [2.45, 2.75) is 37.6 Å². The molecule has 0 aliphatic heterocycles. The molecule has 9 heteroatoms. The normalized spacial score (nSPS) is 12.3. The third kappa shape index (κ3) is 9.57. The van der Waals surface area contributed by atoms with Crippen LogP contribution in [0.1, 0.15) is 25.0 Å². The molecule has 2 atom stereocenters. The maximum absolute atomic E-state index is 12.8. The third-order valence-corrected chi connectivity index (χ3v) is 6.42. The molecule has 2 aromatic carbocycles. The zero-order valence-electron chi connectivity index (χ0n) is 17.8. The van der Waals surface area contributed by atoms with Gasteiger partial charge in [-0.2, -0.15) is 0 Å². The molecule has 0 heterocycles. The molecule has 0 aliphatic rings. The SMILES string of the molecule is CC(=O)SC(CNC(=O)OCc1ccccc1)C(SC(C)=O)C(=O)OCc1ccccc1. The van der Waals surface area contributed by atoms with E-state index in [9.17, 15) is 19.2 Å². The van der Waals surface area contributed by atoms with Gasteiger partial charge in [-0.15, -0.1) is 0 Å². The first-order valence-electron chi connectivity index (χ1n) is 9.84. The molecule has 32 heavy (non-hydrogen) atoms. The highest BCUT2D eigenvalue weighted by molar-refractivity contribution is 8.18. The van der Waals surface area contributed by atoms with Crippen molar-refractivity contribution in [3.63, 3.8) is 0 Å². The molecule has 0 aliphatic carbocycles. The maximum atomic E-state index is 12.8. The standard InChI is InChI=1S/C23H25NO6S2/c1-16(25)31-20(13-24-23(28)30-15-19-11-7-4-8-12-19)21(32-17(2)26)22(27)29-14-18-9-5-3-6-10-18/h3-12,20-21H,13-15H2,1-2H3,(H,24,28). The van der Waals surface area contributed by atoms with E-state index < -0.39 is 22.6 Å². The Hall–Kier alpha value is -2.78. The molecule has 0 spiro atoms. The average molecular weight is 476 g/mol. The number of nitrogens with one attached hydrogen (secondary N) is 1. The number of rotatable bonds is 10. The Morgan fingerprint density at radius 3 is 1.78 bits per heavy atom. The number of ether oxygens (including phenoxy) is 2. The Morgan fingerprint density at radius 1 is 0.781 bits per heavy atom. The molecule has 0 aromatic heterocycles. The van der Waals surface area contributed by atoms with Crippen LogP contribution in [0.5, 0.6) is 0 Å². The smallest absolute Gasteiger partial charge is 0.407 e. The summed E-state index contributed by atoms with van der Waals surface area (Å²) in [5.41, 5.74) is 1.62. The molecular weight excluding hydrogens is 450 g/mol.